The van der Waals surface area contributed by atoms with E-state index >= 15 is 0 Å². The Balaban J connectivity index is 1.40. The van der Waals surface area contributed by atoms with Gasteiger partial charge in [0.15, 0.2) is 5.78 Å². The molecule has 6 nitrogen and oxygen atoms in total. The van der Waals surface area contributed by atoms with Crippen molar-refractivity contribution in [2.45, 2.75) is 32.4 Å². The van der Waals surface area contributed by atoms with Crippen molar-refractivity contribution in [1.82, 2.24) is 4.90 Å². The van der Waals surface area contributed by atoms with E-state index in [2.05, 4.69) is 5.32 Å². The Bertz CT molecular complexity index is 1130. The molecule has 0 aliphatic carbocycles. The first-order chi connectivity index (χ1) is 15.5. The standard InChI is InChI=1S/C25H24N2O4S/c1-17(28)22-12-13-23(32-22)19-9-5-10-20(15-19)26-24(29)21-11-6-14-27(21)25(30)31-16-18-7-3-2-4-8-18/h2-5,7-10,12-13,15,21H,6,11,14,16H2,1H3,(H,26,29)/t21-/m0/s1. The van der Waals surface area contributed by atoms with Crippen LogP contribution in [0.2, 0.25) is 0 Å². The van der Waals surface area contributed by atoms with Gasteiger partial charge in [0.25, 0.3) is 0 Å². The largest absolute Gasteiger partial charge is 0.445 e. The molecule has 1 N–H and O–H groups in total. The zero-order valence-electron chi connectivity index (χ0n) is 17.7. The number of amides is 2. The van der Waals surface area contributed by atoms with E-state index in [0.29, 0.717) is 23.5 Å². The molecule has 0 radical (unpaired) electrons. The minimum Gasteiger partial charge on any atom is -0.445 e. The molecule has 164 valence electrons. The van der Waals surface area contributed by atoms with E-state index in [1.807, 2.05) is 66.7 Å². The van der Waals surface area contributed by atoms with Gasteiger partial charge in [0.2, 0.25) is 5.91 Å². The first kappa shape index (κ1) is 21.8. The van der Waals surface area contributed by atoms with Crippen molar-refractivity contribution in [3.8, 4) is 10.4 Å². The van der Waals surface area contributed by atoms with Gasteiger partial charge in [0, 0.05) is 17.1 Å². The average molecular weight is 449 g/mol. The van der Waals surface area contributed by atoms with E-state index in [1.165, 1.54) is 16.2 Å². The lowest BCUT2D eigenvalue weighted by Crippen LogP contribution is -2.43. The van der Waals surface area contributed by atoms with Gasteiger partial charge in [0.1, 0.15) is 12.6 Å². The molecule has 0 unspecified atom stereocenters. The van der Waals surface area contributed by atoms with Gasteiger partial charge in [-0.1, -0.05) is 42.5 Å². The number of Topliss-reactive ketones (excluding diaryl/α,β-unsaturated/α-hetero) is 1. The summed E-state index contributed by atoms with van der Waals surface area (Å²) in [7, 11) is 0. The minimum atomic E-state index is -0.562. The van der Waals surface area contributed by atoms with Gasteiger partial charge < -0.3 is 10.1 Å². The Morgan fingerprint density at radius 3 is 2.62 bits per heavy atom. The van der Waals surface area contributed by atoms with Crippen LogP contribution in [-0.4, -0.2) is 35.3 Å². The van der Waals surface area contributed by atoms with Gasteiger partial charge >= 0.3 is 6.09 Å². The molecule has 2 amide bonds. The van der Waals surface area contributed by atoms with Crippen LogP contribution in [0.3, 0.4) is 0 Å². The second-order valence-electron chi connectivity index (χ2n) is 7.68. The molecule has 2 aromatic carbocycles. The number of nitrogens with zero attached hydrogens (tertiary/aromatic N) is 1. The van der Waals surface area contributed by atoms with Gasteiger partial charge in [-0.3, -0.25) is 14.5 Å². The highest BCUT2D eigenvalue weighted by molar-refractivity contribution is 7.17. The smallest absolute Gasteiger partial charge is 0.410 e. The van der Waals surface area contributed by atoms with Gasteiger partial charge in [-0.15, -0.1) is 11.3 Å². The van der Waals surface area contributed by atoms with Crippen molar-refractivity contribution in [3.05, 3.63) is 77.2 Å². The van der Waals surface area contributed by atoms with Crippen LogP contribution in [0, 0.1) is 0 Å². The molecule has 1 atom stereocenters. The molecule has 1 fully saturated rings. The number of nitrogens with one attached hydrogen (secondary N) is 1. The number of anilines is 1. The lowest BCUT2D eigenvalue weighted by Gasteiger charge is -2.23. The summed E-state index contributed by atoms with van der Waals surface area (Å²) in [5, 5.41) is 2.93. The summed E-state index contributed by atoms with van der Waals surface area (Å²) < 4.78 is 5.42. The molecule has 1 saturated heterocycles. The van der Waals surface area contributed by atoms with Gasteiger partial charge in [-0.05, 0) is 55.2 Å². The first-order valence-corrected chi connectivity index (χ1v) is 11.3. The van der Waals surface area contributed by atoms with Crippen LogP contribution in [0.15, 0.2) is 66.7 Å². The Morgan fingerprint density at radius 1 is 1.06 bits per heavy atom. The number of rotatable bonds is 6. The maximum atomic E-state index is 12.9. The van der Waals surface area contributed by atoms with Gasteiger partial charge in [-0.25, -0.2) is 4.79 Å². The Hall–Kier alpha value is -3.45. The van der Waals surface area contributed by atoms with E-state index in [-0.39, 0.29) is 18.3 Å². The molecular weight excluding hydrogens is 424 g/mol. The fourth-order valence-corrected chi connectivity index (χ4v) is 4.62. The molecule has 0 bridgehead atoms. The second kappa shape index (κ2) is 9.78. The molecule has 0 saturated carbocycles. The topological polar surface area (TPSA) is 75.7 Å². The number of ketones is 1. The molecule has 32 heavy (non-hydrogen) atoms. The van der Waals surface area contributed by atoms with E-state index in [0.717, 1.165) is 22.4 Å². The Morgan fingerprint density at radius 2 is 1.88 bits per heavy atom. The molecule has 2 heterocycles. The SMILES string of the molecule is CC(=O)c1ccc(-c2cccc(NC(=O)[C@@H]3CCCN3C(=O)OCc3ccccc3)c2)s1. The number of thiophene rings is 1. The Labute approximate surface area is 190 Å². The molecule has 7 heteroatoms. The van der Waals surface area contributed by atoms with Crippen LogP contribution < -0.4 is 5.32 Å². The number of ether oxygens (including phenoxy) is 1. The van der Waals surface area contributed by atoms with Crippen molar-refractivity contribution in [3.63, 3.8) is 0 Å². The molecule has 0 spiro atoms. The summed E-state index contributed by atoms with van der Waals surface area (Å²) in [5.74, 6) is -0.196. The van der Waals surface area contributed by atoms with Crippen LogP contribution >= 0.6 is 11.3 Å². The minimum absolute atomic E-state index is 0.0335. The van der Waals surface area contributed by atoms with Gasteiger partial charge in [-0.2, -0.15) is 0 Å². The van der Waals surface area contributed by atoms with Crippen LogP contribution in [-0.2, 0) is 16.1 Å². The summed E-state index contributed by atoms with van der Waals surface area (Å²) in [6.07, 6.45) is 0.871. The number of carbonyl (C=O) groups is 3. The van der Waals surface area contributed by atoms with Gasteiger partial charge in [0.05, 0.1) is 4.88 Å². The number of hydrogen-bond donors (Lipinski definition) is 1. The summed E-state index contributed by atoms with van der Waals surface area (Å²) >= 11 is 1.42. The normalized spacial score (nSPS) is 15.4. The zero-order valence-corrected chi connectivity index (χ0v) is 18.6. The molecule has 1 aliphatic rings. The highest BCUT2D eigenvalue weighted by Crippen LogP contribution is 2.30. The maximum Gasteiger partial charge on any atom is 0.410 e. The molecular formula is C25H24N2O4S. The summed E-state index contributed by atoms with van der Waals surface area (Å²) in [4.78, 5) is 40.3. The predicted octanol–water partition coefficient (Wildman–Crippen LogP) is 5.36. The average Bonchev–Trinajstić information content (AvgIpc) is 3.49. The highest BCUT2D eigenvalue weighted by atomic mass is 32.1. The first-order valence-electron chi connectivity index (χ1n) is 10.5. The van der Waals surface area contributed by atoms with Crippen LogP contribution in [0.5, 0.6) is 0 Å². The zero-order chi connectivity index (χ0) is 22.5. The Kier molecular flexibility index (Phi) is 6.66. The van der Waals surface area contributed by atoms with Crippen LogP contribution in [0.1, 0.15) is 35.0 Å². The number of carbonyl (C=O) groups excluding carboxylic acids is 3. The fourth-order valence-electron chi connectivity index (χ4n) is 3.72. The summed E-state index contributed by atoms with van der Waals surface area (Å²) in [6.45, 7) is 2.22. The second-order valence-corrected chi connectivity index (χ2v) is 8.77. The molecule has 1 aromatic heterocycles. The maximum absolute atomic E-state index is 12.9. The quantitative estimate of drug-likeness (QED) is 0.515. The van der Waals surface area contributed by atoms with Crippen molar-refractivity contribution < 1.29 is 19.1 Å². The van der Waals surface area contributed by atoms with E-state index in [1.54, 1.807) is 6.92 Å². The lowest BCUT2D eigenvalue weighted by molar-refractivity contribution is -0.120. The highest BCUT2D eigenvalue weighted by Gasteiger charge is 2.35. The van der Waals surface area contributed by atoms with Crippen molar-refractivity contribution in [2.24, 2.45) is 0 Å². The third kappa shape index (κ3) is 5.06. The third-order valence-electron chi connectivity index (χ3n) is 5.36. The monoisotopic (exact) mass is 448 g/mol. The van der Waals surface area contributed by atoms with Crippen LogP contribution in [0.25, 0.3) is 10.4 Å². The predicted molar refractivity (Wildman–Crippen MR) is 125 cm³/mol. The van der Waals surface area contributed by atoms with Crippen molar-refractivity contribution in [2.75, 3.05) is 11.9 Å². The number of benzene rings is 2. The lowest BCUT2D eigenvalue weighted by atomic mass is 10.1. The summed E-state index contributed by atoms with van der Waals surface area (Å²) in [6, 6.07) is 20.1. The van der Waals surface area contributed by atoms with E-state index in [9.17, 15) is 14.4 Å². The van der Waals surface area contributed by atoms with E-state index in [4.69, 9.17) is 4.74 Å². The third-order valence-corrected chi connectivity index (χ3v) is 6.60. The molecule has 4 rings (SSSR count). The number of likely N-dealkylation sites (tertiary alicyclic amines) is 1. The number of hydrogen-bond acceptors (Lipinski definition) is 5. The fraction of sp³-hybridized carbons (Fsp3) is 0.240. The van der Waals surface area contributed by atoms with Crippen molar-refractivity contribution >= 4 is 34.8 Å². The molecule has 1 aliphatic heterocycles. The van der Waals surface area contributed by atoms with Crippen LogP contribution in [0.4, 0.5) is 10.5 Å². The summed E-state index contributed by atoms with van der Waals surface area (Å²) in [5.41, 5.74) is 2.47. The molecule has 3 aromatic rings. The van der Waals surface area contributed by atoms with E-state index < -0.39 is 12.1 Å². The van der Waals surface area contributed by atoms with Crippen molar-refractivity contribution in [1.29, 1.82) is 0 Å².